The zero-order valence-corrected chi connectivity index (χ0v) is 17.5. The van der Waals surface area contributed by atoms with Gasteiger partial charge in [-0.15, -0.1) is 24.0 Å². The quantitative estimate of drug-likeness (QED) is 0.320. The van der Waals surface area contributed by atoms with Gasteiger partial charge in [0.05, 0.1) is 6.61 Å². The molecule has 0 bridgehead atoms. The Hall–Kier alpha value is -1.28. The van der Waals surface area contributed by atoms with Gasteiger partial charge in [-0.25, -0.2) is 0 Å². The van der Waals surface area contributed by atoms with Gasteiger partial charge in [0.1, 0.15) is 0 Å². The van der Waals surface area contributed by atoms with Crippen LogP contribution in [0, 0.1) is 5.92 Å². The van der Waals surface area contributed by atoms with Crippen molar-refractivity contribution in [1.29, 1.82) is 0 Å². The van der Waals surface area contributed by atoms with Crippen LogP contribution in [0.4, 0.5) is 5.69 Å². The van der Waals surface area contributed by atoms with Crippen LogP contribution in [0.2, 0.25) is 0 Å². The van der Waals surface area contributed by atoms with Crippen LogP contribution in [0.3, 0.4) is 0 Å². The summed E-state index contributed by atoms with van der Waals surface area (Å²) in [7, 11) is 3.63. The van der Waals surface area contributed by atoms with Crippen LogP contribution in [-0.4, -0.2) is 57.8 Å². The van der Waals surface area contributed by atoms with Gasteiger partial charge < -0.3 is 19.9 Å². The molecule has 0 aliphatic carbocycles. The molecule has 1 fully saturated rings. The lowest BCUT2D eigenvalue weighted by molar-refractivity contribution is 0.157. The summed E-state index contributed by atoms with van der Waals surface area (Å²) >= 11 is 0. The summed E-state index contributed by atoms with van der Waals surface area (Å²) < 4.78 is 5.27. The van der Waals surface area contributed by atoms with Crippen molar-refractivity contribution < 1.29 is 4.74 Å². The fourth-order valence-electron chi connectivity index (χ4n) is 3.42. The number of hydrogen-bond donors (Lipinski definition) is 1. The van der Waals surface area contributed by atoms with Crippen LogP contribution >= 0.6 is 24.0 Å². The normalized spacial score (nSPS) is 20.1. The fourth-order valence-corrected chi connectivity index (χ4v) is 3.42. The van der Waals surface area contributed by atoms with Crippen molar-refractivity contribution in [2.75, 3.05) is 51.8 Å². The number of anilines is 1. The predicted molar refractivity (Wildman–Crippen MR) is 115 cm³/mol. The average molecular weight is 456 g/mol. The van der Waals surface area contributed by atoms with E-state index < -0.39 is 0 Å². The van der Waals surface area contributed by atoms with Crippen LogP contribution in [-0.2, 0) is 11.3 Å². The highest BCUT2D eigenvalue weighted by Gasteiger charge is 2.24. The highest BCUT2D eigenvalue weighted by Crippen LogP contribution is 2.18. The van der Waals surface area contributed by atoms with Crippen molar-refractivity contribution in [3.63, 3.8) is 0 Å². The molecule has 6 heteroatoms. The van der Waals surface area contributed by atoms with E-state index >= 15 is 0 Å². The molecule has 138 valence electrons. The van der Waals surface area contributed by atoms with E-state index in [1.54, 1.807) is 7.11 Å². The number of guanidine groups is 1. The first-order valence-electron chi connectivity index (χ1n) is 8.73. The smallest absolute Gasteiger partial charge is 0.193 e. The van der Waals surface area contributed by atoms with Crippen LogP contribution in [0.25, 0.3) is 0 Å². The first-order chi connectivity index (χ1) is 11.8. The van der Waals surface area contributed by atoms with E-state index in [1.165, 1.54) is 17.7 Å². The second-order valence-electron chi connectivity index (χ2n) is 6.50. The van der Waals surface area contributed by atoms with E-state index in [1.807, 2.05) is 7.05 Å². The second-order valence-corrected chi connectivity index (χ2v) is 6.50. The monoisotopic (exact) mass is 456 g/mol. The maximum absolute atomic E-state index is 5.27. The zero-order chi connectivity index (χ0) is 16.8. The summed E-state index contributed by atoms with van der Waals surface area (Å²) in [5.41, 5.74) is 2.56. The van der Waals surface area contributed by atoms with Gasteiger partial charge >= 0.3 is 0 Å². The van der Waals surface area contributed by atoms with Crippen LogP contribution in [0.1, 0.15) is 12.0 Å². The SMILES string of the molecule is CN=C(NCc1ccc(N2CC=CC2)cc1)N1CCC(COC)C1.I. The van der Waals surface area contributed by atoms with Gasteiger partial charge in [-0.05, 0) is 24.1 Å². The van der Waals surface area contributed by atoms with Crippen molar-refractivity contribution in [3.8, 4) is 0 Å². The second kappa shape index (κ2) is 10.0. The Kier molecular flexibility index (Phi) is 8.02. The van der Waals surface area contributed by atoms with E-state index in [0.29, 0.717) is 5.92 Å². The molecule has 25 heavy (non-hydrogen) atoms. The Morgan fingerprint density at radius 3 is 2.60 bits per heavy atom. The number of methoxy groups -OCH3 is 1. The molecule has 0 amide bonds. The van der Waals surface area contributed by atoms with Crippen molar-refractivity contribution in [2.24, 2.45) is 10.9 Å². The third-order valence-electron chi connectivity index (χ3n) is 4.77. The molecular formula is C19H29IN4O. The maximum Gasteiger partial charge on any atom is 0.193 e. The van der Waals surface area contributed by atoms with Gasteiger partial charge in [-0.2, -0.15) is 0 Å². The van der Waals surface area contributed by atoms with E-state index in [-0.39, 0.29) is 24.0 Å². The molecule has 0 radical (unpaired) electrons. The Labute approximate surface area is 168 Å². The highest BCUT2D eigenvalue weighted by atomic mass is 127. The minimum absolute atomic E-state index is 0. The molecule has 5 nitrogen and oxygen atoms in total. The first kappa shape index (κ1) is 20.0. The largest absolute Gasteiger partial charge is 0.384 e. The zero-order valence-electron chi connectivity index (χ0n) is 15.1. The van der Waals surface area contributed by atoms with Crippen LogP contribution in [0.5, 0.6) is 0 Å². The number of likely N-dealkylation sites (tertiary alicyclic amines) is 1. The molecule has 0 spiro atoms. The first-order valence-corrected chi connectivity index (χ1v) is 8.73. The van der Waals surface area contributed by atoms with E-state index in [0.717, 1.165) is 45.3 Å². The molecule has 1 atom stereocenters. The lowest BCUT2D eigenvalue weighted by Gasteiger charge is -2.22. The maximum atomic E-state index is 5.27. The van der Waals surface area contributed by atoms with Gasteiger partial charge in [0.15, 0.2) is 5.96 Å². The lowest BCUT2D eigenvalue weighted by atomic mass is 10.1. The number of ether oxygens (including phenoxy) is 1. The van der Waals surface area contributed by atoms with E-state index in [9.17, 15) is 0 Å². The molecule has 1 N–H and O–H groups in total. The van der Waals surface area contributed by atoms with Crippen molar-refractivity contribution in [2.45, 2.75) is 13.0 Å². The van der Waals surface area contributed by atoms with E-state index in [2.05, 4.69) is 56.5 Å². The number of aliphatic imine (C=N–C) groups is 1. The van der Waals surface area contributed by atoms with Crippen LogP contribution in [0.15, 0.2) is 41.4 Å². The minimum atomic E-state index is 0. The number of nitrogens with one attached hydrogen (secondary N) is 1. The summed E-state index contributed by atoms with van der Waals surface area (Å²) in [5, 5.41) is 3.49. The number of benzene rings is 1. The highest BCUT2D eigenvalue weighted by molar-refractivity contribution is 14.0. The molecule has 1 aromatic rings. The van der Waals surface area contributed by atoms with Crippen molar-refractivity contribution in [3.05, 3.63) is 42.0 Å². The summed E-state index contributed by atoms with van der Waals surface area (Å²) in [4.78, 5) is 9.12. The van der Waals surface area contributed by atoms with Gasteiger partial charge in [-0.1, -0.05) is 24.3 Å². The summed E-state index contributed by atoms with van der Waals surface area (Å²) in [6, 6.07) is 8.81. The summed E-state index contributed by atoms with van der Waals surface area (Å²) in [6.45, 7) is 5.74. The molecule has 1 unspecified atom stereocenters. The molecule has 2 aliphatic heterocycles. The molecule has 0 aromatic heterocycles. The number of hydrogen-bond acceptors (Lipinski definition) is 3. The van der Waals surface area contributed by atoms with Crippen LogP contribution < -0.4 is 10.2 Å². The number of nitrogens with zero attached hydrogens (tertiary/aromatic N) is 3. The third kappa shape index (κ3) is 5.34. The third-order valence-corrected chi connectivity index (χ3v) is 4.77. The van der Waals surface area contributed by atoms with Crippen molar-refractivity contribution in [1.82, 2.24) is 10.2 Å². The summed E-state index contributed by atoms with van der Waals surface area (Å²) in [5.74, 6) is 1.60. The average Bonchev–Trinajstić information content (AvgIpc) is 3.29. The van der Waals surface area contributed by atoms with Gasteiger partial charge in [0, 0.05) is 58.5 Å². The number of halogens is 1. The van der Waals surface area contributed by atoms with E-state index in [4.69, 9.17) is 4.74 Å². The minimum Gasteiger partial charge on any atom is -0.384 e. The molecule has 2 heterocycles. The molecule has 0 saturated carbocycles. The standard InChI is InChI=1S/C19H28N4O.HI/c1-20-19(23-12-9-17(14-23)15-24-2)21-13-16-5-7-18(8-6-16)22-10-3-4-11-22;/h3-8,17H,9-15H2,1-2H3,(H,20,21);1H. The Morgan fingerprint density at radius 1 is 1.24 bits per heavy atom. The molecule has 1 saturated heterocycles. The fraction of sp³-hybridized carbons (Fsp3) is 0.526. The van der Waals surface area contributed by atoms with Gasteiger partial charge in [-0.3, -0.25) is 4.99 Å². The van der Waals surface area contributed by atoms with Gasteiger partial charge in [0.2, 0.25) is 0 Å². The summed E-state index contributed by atoms with van der Waals surface area (Å²) in [6.07, 6.45) is 5.60. The predicted octanol–water partition coefficient (Wildman–Crippen LogP) is 2.72. The molecule has 1 aromatic carbocycles. The Morgan fingerprint density at radius 2 is 1.96 bits per heavy atom. The van der Waals surface area contributed by atoms with Gasteiger partial charge in [0.25, 0.3) is 0 Å². The molecule has 2 aliphatic rings. The Bertz CT molecular complexity index is 580. The topological polar surface area (TPSA) is 40.1 Å². The molecular weight excluding hydrogens is 427 g/mol. The lowest BCUT2D eigenvalue weighted by Crippen LogP contribution is -2.39. The van der Waals surface area contributed by atoms with Crippen molar-refractivity contribution >= 4 is 35.6 Å². The molecule has 3 rings (SSSR count). The Balaban J connectivity index is 0.00000225. The number of rotatable bonds is 5.